The standard InChI is InChI=1S/C17H28O2/c1-2-19-17(8-4-3-5-9-17)16(18)12-15-11-13-6-7-14(15)10-13/h13-15H,2-12H2,1H3. The molecule has 3 unspecified atom stereocenters. The van der Waals surface area contributed by atoms with Gasteiger partial charge in [0.25, 0.3) is 0 Å². The molecule has 0 N–H and O–H groups in total. The van der Waals surface area contributed by atoms with Crippen molar-refractivity contribution in [1.82, 2.24) is 0 Å². The van der Waals surface area contributed by atoms with Crippen molar-refractivity contribution in [2.24, 2.45) is 17.8 Å². The highest BCUT2D eigenvalue weighted by atomic mass is 16.5. The Balaban J connectivity index is 1.63. The number of fused-ring (bicyclic) bond motifs is 2. The van der Waals surface area contributed by atoms with Crippen molar-refractivity contribution < 1.29 is 9.53 Å². The van der Waals surface area contributed by atoms with Gasteiger partial charge in [-0.3, -0.25) is 4.79 Å². The van der Waals surface area contributed by atoms with E-state index in [-0.39, 0.29) is 0 Å². The lowest BCUT2D eigenvalue weighted by Gasteiger charge is -2.37. The minimum absolute atomic E-state index is 0.394. The first-order valence-corrected chi connectivity index (χ1v) is 8.41. The summed E-state index contributed by atoms with van der Waals surface area (Å²) in [5, 5.41) is 0. The Kier molecular flexibility index (Phi) is 3.98. The zero-order valence-corrected chi connectivity index (χ0v) is 12.3. The summed E-state index contributed by atoms with van der Waals surface area (Å²) in [4.78, 5) is 12.8. The van der Waals surface area contributed by atoms with E-state index in [1.807, 2.05) is 6.92 Å². The van der Waals surface area contributed by atoms with Crippen molar-refractivity contribution in [3.05, 3.63) is 0 Å². The van der Waals surface area contributed by atoms with Crippen LogP contribution in [-0.4, -0.2) is 18.0 Å². The van der Waals surface area contributed by atoms with Crippen molar-refractivity contribution in [3.63, 3.8) is 0 Å². The molecule has 0 aromatic carbocycles. The number of ketones is 1. The maximum absolute atomic E-state index is 12.8. The second kappa shape index (κ2) is 5.55. The highest BCUT2D eigenvalue weighted by Crippen LogP contribution is 2.50. The van der Waals surface area contributed by atoms with Gasteiger partial charge in [0.2, 0.25) is 0 Å². The Morgan fingerprint density at radius 3 is 2.53 bits per heavy atom. The molecule has 0 aromatic rings. The van der Waals surface area contributed by atoms with E-state index in [0.29, 0.717) is 18.3 Å². The first-order valence-electron chi connectivity index (χ1n) is 8.41. The van der Waals surface area contributed by atoms with Crippen molar-refractivity contribution in [2.45, 2.75) is 76.7 Å². The summed E-state index contributed by atoms with van der Waals surface area (Å²) in [5.41, 5.74) is -0.394. The molecular weight excluding hydrogens is 236 g/mol. The average Bonchev–Trinajstić information content (AvgIpc) is 3.02. The molecule has 0 aliphatic heterocycles. The molecule has 3 atom stereocenters. The van der Waals surface area contributed by atoms with Crippen LogP contribution in [0.4, 0.5) is 0 Å². The largest absolute Gasteiger partial charge is 0.368 e. The molecule has 108 valence electrons. The lowest BCUT2D eigenvalue weighted by atomic mass is 9.76. The number of carbonyl (C=O) groups excluding carboxylic acids is 1. The molecule has 0 spiro atoms. The zero-order valence-electron chi connectivity index (χ0n) is 12.3. The van der Waals surface area contributed by atoms with Crippen LogP contribution >= 0.6 is 0 Å². The maximum atomic E-state index is 12.8. The Bertz CT molecular complexity index is 325. The minimum atomic E-state index is -0.394. The molecule has 0 radical (unpaired) electrons. The normalized spacial score (nSPS) is 36.6. The van der Waals surface area contributed by atoms with E-state index < -0.39 is 5.60 Å². The van der Waals surface area contributed by atoms with E-state index in [1.165, 1.54) is 44.9 Å². The predicted octanol–water partition coefficient (Wildman–Crippen LogP) is 4.12. The fourth-order valence-corrected chi connectivity index (χ4v) is 4.95. The average molecular weight is 264 g/mol. The van der Waals surface area contributed by atoms with Crippen LogP contribution in [0.25, 0.3) is 0 Å². The number of hydrogen-bond donors (Lipinski definition) is 0. The Morgan fingerprint density at radius 1 is 1.16 bits per heavy atom. The van der Waals surface area contributed by atoms with Crippen molar-refractivity contribution >= 4 is 5.78 Å². The highest BCUT2D eigenvalue weighted by Gasteiger charge is 2.45. The third kappa shape index (κ3) is 2.61. The smallest absolute Gasteiger partial charge is 0.164 e. The molecule has 3 saturated carbocycles. The molecule has 2 bridgehead atoms. The molecule has 0 saturated heterocycles. The molecular formula is C17H28O2. The van der Waals surface area contributed by atoms with Crippen LogP contribution in [0.2, 0.25) is 0 Å². The lowest BCUT2D eigenvalue weighted by Crippen LogP contribution is -2.44. The van der Waals surface area contributed by atoms with E-state index in [9.17, 15) is 4.79 Å². The SMILES string of the molecule is CCOC1(C(=O)CC2CC3CCC2C3)CCCCC1. The molecule has 3 aliphatic carbocycles. The van der Waals surface area contributed by atoms with Crippen molar-refractivity contribution in [1.29, 1.82) is 0 Å². The third-order valence-corrected chi connectivity index (χ3v) is 5.92. The molecule has 3 aliphatic rings. The number of carbonyl (C=O) groups is 1. The second-order valence-corrected chi connectivity index (χ2v) is 7.05. The van der Waals surface area contributed by atoms with E-state index in [0.717, 1.165) is 31.1 Å². The van der Waals surface area contributed by atoms with Crippen LogP contribution in [-0.2, 0) is 9.53 Å². The van der Waals surface area contributed by atoms with Crippen LogP contribution in [0.15, 0.2) is 0 Å². The molecule has 3 rings (SSSR count). The second-order valence-electron chi connectivity index (χ2n) is 7.05. The van der Waals surface area contributed by atoms with E-state index >= 15 is 0 Å². The summed E-state index contributed by atoms with van der Waals surface area (Å²) in [6.07, 6.45) is 11.9. The maximum Gasteiger partial charge on any atom is 0.164 e. The number of hydrogen-bond acceptors (Lipinski definition) is 2. The van der Waals surface area contributed by atoms with Gasteiger partial charge >= 0.3 is 0 Å². The first kappa shape index (κ1) is 13.6. The van der Waals surface area contributed by atoms with Crippen LogP contribution in [0.3, 0.4) is 0 Å². The molecule has 0 amide bonds. The summed E-state index contributed by atoms with van der Waals surface area (Å²) in [7, 11) is 0. The molecule has 0 aromatic heterocycles. The summed E-state index contributed by atoms with van der Waals surface area (Å²) in [6, 6.07) is 0. The predicted molar refractivity (Wildman–Crippen MR) is 76.0 cm³/mol. The van der Waals surface area contributed by atoms with Gasteiger partial charge in [-0.05, 0) is 56.8 Å². The van der Waals surface area contributed by atoms with Crippen LogP contribution in [0.1, 0.15) is 71.1 Å². The Morgan fingerprint density at radius 2 is 1.95 bits per heavy atom. The summed E-state index contributed by atoms with van der Waals surface area (Å²) >= 11 is 0. The van der Waals surface area contributed by atoms with Crippen LogP contribution in [0.5, 0.6) is 0 Å². The monoisotopic (exact) mass is 264 g/mol. The molecule has 2 heteroatoms. The Labute approximate surface area is 117 Å². The van der Waals surface area contributed by atoms with Gasteiger partial charge < -0.3 is 4.74 Å². The minimum Gasteiger partial charge on any atom is -0.368 e. The third-order valence-electron chi connectivity index (χ3n) is 5.92. The molecule has 0 heterocycles. The van der Waals surface area contributed by atoms with Gasteiger partial charge in [0.1, 0.15) is 5.60 Å². The summed E-state index contributed by atoms with van der Waals surface area (Å²) in [6.45, 7) is 2.71. The molecule has 2 nitrogen and oxygen atoms in total. The summed E-state index contributed by atoms with van der Waals surface area (Å²) in [5.74, 6) is 2.92. The van der Waals surface area contributed by atoms with Gasteiger partial charge in [-0.2, -0.15) is 0 Å². The number of ether oxygens (including phenoxy) is 1. The van der Waals surface area contributed by atoms with Crippen LogP contribution in [0, 0.1) is 17.8 Å². The van der Waals surface area contributed by atoms with E-state index in [1.54, 1.807) is 0 Å². The van der Waals surface area contributed by atoms with E-state index in [4.69, 9.17) is 4.74 Å². The van der Waals surface area contributed by atoms with Gasteiger partial charge in [0.15, 0.2) is 5.78 Å². The van der Waals surface area contributed by atoms with Gasteiger partial charge in [-0.15, -0.1) is 0 Å². The zero-order chi connectivity index (χ0) is 13.3. The van der Waals surface area contributed by atoms with Crippen molar-refractivity contribution in [2.75, 3.05) is 6.61 Å². The molecule has 19 heavy (non-hydrogen) atoms. The van der Waals surface area contributed by atoms with Gasteiger partial charge in [-0.1, -0.05) is 25.7 Å². The highest BCUT2D eigenvalue weighted by molar-refractivity contribution is 5.87. The van der Waals surface area contributed by atoms with Gasteiger partial charge in [-0.25, -0.2) is 0 Å². The van der Waals surface area contributed by atoms with Crippen molar-refractivity contribution in [3.8, 4) is 0 Å². The lowest BCUT2D eigenvalue weighted by molar-refractivity contribution is -0.150. The summed E-state index contributed by atoms with van der Waals surface area (Å²) < 4.78 is 5.97. The number of Topliss-reactive ketones (excluding diaryl/α,β-unsaturated/α-hetero) is 1. The fourth-order valence-electron chi connectivity index (χ4n) is 4.95. The topological polar surface area (TPSA) is 26.3 Å². The van der Waals surface area contributed by atoms with Gasteiger partial charge in [0, 0.05) is 13.0 Å². The van der Waals surface area contributed by atoms with Crippen LogP contribution < -0.4 is 0 Å². The van der Waals surface area contributed by atoms with E-state index in [2.05, 4.69) is 0 Å². The first-order chi connectivity index (χ1) is 9.23. The quantitative estimate of drug-likeness (QED) is 0.746. The Hall–Kier alpha value is -0.370. The van der Waals surface area contributed by atoms with Gasteiger partial charge in [0.05, 0.1) is 0 Å². The fraction of sp³-hybridized carbons (Fsp3) is 0.941. The molecule has 3 fully saturated rings. The number of rotatable bonds is 5.